The summed E-state index contributed by atoms with van der Waals surface area (Å²) >= 11 is 0. The van der Waals surface area contributed by atoms with E-state index < -0.39 is 0 Å². The Morgan fingerprint density at radius 3 is 2.86 bits per heavy atom. The summed E-state index contributed by atoms with van der Waals surface area (Å²) < 4.78 is 0. The minimum Gasteiger partial charge on any atom is -0.507 e. The number of nitrogens with one attached hydrogen (secondary N) is 1. The average molecular weight is 190 g/mol. The highest BCUT2D eigenvalue weighted by Crippen LogP contribution is 2.19. The summed E-state index contributed by atoms with van der Waals surface area (Å²) in [6.45, 7) is 0. The topological polar surface area (TPSA) is 73.9 Å². The maximum atomic E-state index is 9.48. The Labute approximate surface area is 81.1 Å². The number of phenols is 1. The van der Waals surface area contributed by atoms with Gasteiger partial charge < -0.3 is 5.11 Å². The molecule has 0 unspecified atom stereocenters. The lowest BCUT2D eigenvalue weighted by molar-refractivity contribution is 0.473. The van der Waals surface area contributed by atoms with Gasteiger partial charge in [-0.15, -0.1) is 0 Å². The third kappa shape index (κ3) is 1.53. The van der Waals surface area contributed by atoms with Crippen molar-refractivity contribution in [2.75, 3.05) is 0 Å². The molecule has 1 aromatic rings. The second-order valence-corrected chi connectivity index (χ2v) is 2.85. The second kappa shape index (κ2) is 3.39. The third-order valence-electron chi connectivity index (χ3n) is 1.87. The third-order valence-corrected chi connectivity index (χ3v) is 1.87. The molecule has 0 radical (unpaired) electrons. The Bertz CT molecular complexity index is 400. The van der Waals surface area contributed by atoms with E-state index in [1.165, 1.54) is 11.3 Å². The van der Waals surface area contributed by atoms with Gasteiger partial charge in [0.15, 0.2) is 0 Å². The summed E-state index contributed by atoms with van der Waals surface area (Å²) in [7, 11) is 0. The van der Waals surface area contributed by atoms with Gasteiger partial charge in [-0.1, -0.05) is 18.2 Å². The van der Waals surface area contributed by atoms with E-state index in [1.54, 1.807) is 24.3 Å². The molecule has 0 saturated carbocycles. The largest absolute Gasteiger partial charge is 0.507 e. The van der Waals surface area contributed by atoms with Gasteiger partial charge in [0.1, 0.15) is 17.9 Å². The number of hydrogen-bond acceptors (Lipinski definition) is 5. The molecule has 1 aliphatic heterocycles. The molecule has 0 spiro atoms. The number of benzene rings is 1. The van der Waals surface area contributed by atoms with Crippen molar-refractivity contribution in [2.24, 2.45) is 10.9 Å². The molecule has 5 nitrogen and oxygen atoms in total. The molecule has 2 rings (SSSR count). The van der Waals surface area contributed by atoms with Crippen molar-refractivity contribution < 1.29 is 5.11 Å². The highest BCUT2D eigenvalue weighted by molar-refractivity contribution is 5.66. The van der Waals surface area contributed by atoms with Crippen molar-refractivity contribution in [3.8, 4) is 5.75 Å². The van der Waals surface area contributed by atoms with Crippen molar-refractivity contribution in [3.63, 3.8) is 0 Å². The van der Waals surface area contributed by atoms with Gasteiger partial charge in [-0.05, 0) is 12.1 Å². The second-order valence-electron chi connectivity index (χ2n) is 2.85. The quantitative estimate of drug-likeness (QED) is 0.561. The van der Waals surface area contributed by atoms with Crippen molar-refractivity contribution in [1.82, 2.24) is 10.4 Å². The van der Waals surface area contributed by atoms with Crippen LogP contribution in [0, 0.1) is 0 Å². The van der Waals surface area contributed by atoms with E-state index in [9.17, 15) is 5.11 Å². The molecule has 4 N–H and O–H groups in total. The molecular weight excluding hydrogens is 180 g/mol. The normalized spacial score (nSPS) is 17.5. The summed E-state index contributed by atoms with van der Waals surface area (Å²) in [5.74, 6) is 6.38. The van der Waals surface area contributed by atoms with E-state index in [-0.39, 0.29) is 5.75 Å². The molecule has 1 aromatic carbocycles. The summed E-state index contributed by atoms with van der Waals surface area (Å²) in [5.41, 5.74) is 3.39. The smallest absolute Gasteiger partial charge is 0.143 e. The van der Waals surface area contributed by atoms with E-state index in [4.69, 9.17) is 5.84 Å². The van der Waals surface area contributed by atoms with Crippen LogP contribution < -0.4 is 11.3 Å². The SMILES string of the molecule is NN1C=NNC1=Cc1ccccc1O. The van der Waals surface area contributed by atoms with Gasteiger partial charge >= 0.3 is 0 Å². The Balaban J connectivity index is 2.30. The van der Waals surface area contributed by atoms with Crippen LogP contribution in [0.1, 0.15) is 5.56 Å². The first-order chi connectivity index (χ1) is 6.77. The summed E-state index contributed by atoms with van der Waals surface area (Å²) in [6, 6.07) is 7.00. The van der Waals surface area contributed by atoms with Crippen LogP contribution in [-0.4, -0.2) is 16.5 Å². The number of nitrogens with zero attached hydrogens (tertiary/aromatic N) is 2. The molecule has 0 fully saturated rings. The number of aromatic hydroxyl groups is 1. The zero-order chi connectivity index (χ0) is 9.97. The van der Waals surface area contributed by atoms with Crippen LogP contribution in [0.25, 0.3) is 6.08 Å². The number of rotatable bonds is 1. The van der Waals surface area contributed by atoms with Crippen LogP contribution in [0.15, 0.2) is 35.2 Å². The van der Waals surface area contributed by atoms with Crippen LogP contribution in [0.2, 0.25) is 0 Å². The van der Waals surface area contributed by atoms with E-state index in [0.29, 0.717) is 11.4 Å². The molecule has 0 amide bonds. The fourth-order valence-corrected chi connectivity index (χ4v) is 1.14. The molecule has 0 atom stereocenters. The van der Waals surface area contributed by atoms with Crippen molar-refractivity contribution in [2.45, 2.75) is 0 Å². The van der Waals surface area contributed by atoms with Crippen LogP contribution in [-0.2, 0) is 0 Å². The summed E-state index contributed by atoms with van der Waals surface area (Å²) in [4.78, 5) is 0. The summed E-state index contributed by atoms with van der Waals surface area (Å²) in [6.07, 6.45) is 3.16. The van der Waals surface area contributed by atoms with Gasteiger partial charge in [0, 0.05) is 5.56 Å². The first kappa shape index (κ1) is 8.58. The maximum absolute atomic E-state index is 9.48. The Kier molecular flexibility index (Phi) is 2.08. The Morgan fingerprint density at radius 2 is 2.21 bits per heavy atom. The van der Waals surface area contributed by atoms with Crippen LogP contribution in [0.3, 0.4) is 0 Å². The first-order valence-electron chi connectivity index (χ1n) is 4.10. The van der Waals surface area contributed by atoms with Crippen LogP contribution >= 0.6 is 0 Å². The monoisotopic (exact) mass is 190 g/mol. The molecule has 14 heavy (non-hydrogen) atoms. The lowest BCUT2D eigenvalue weighted by Gasteiger charge is -2.08. The fraction of sp³-hybridized carbons (Fsp3) is 0. The van der Waals surface area contributed by atoms with E-state index in [1.807, 2.05) is 6.07 Å². The van der Waals surface area contributed by atoms with Gasteiger partial charge in [-0.2, -0.15) is 5.10 Å². The molecule has 0 saturated heterocycles. The van der Waals surface area contributed by atoms with E-state index >= 15 is 0 Å². The Hall–Kier alpha value is -2.01. The van der Waals surface area contributed by atoms with Crippen LogP contribution in [0.4, 0.5) is 0 Å². The van der Waals surface area contributed by atoms with E-state index in [2.05, 4.69) is 10.5 Å². The molecule has 1 aliphatic rings. The molecule has 1 heterocycles. The first-order valence-corrected chi connectivity index (χ1v) is 4.10. The van der Waals surface area contributed by atoms with Crippen molar-refractivity contribution >= 4 is 12.4 Å². The van der Waals surface area contributed by atoms with Gasteiger partial charge in [0.2, 0.25) is 0 Å². The number of phenolic OH excluding ortho intramolecular Hbond substituents is 1. The van der Waals surface area contributed by atoms with Crippen LogP contribution in [0.5, 0.6) is 5.75 Å². The fourth-order valence-electron chi connectivity index (χ4n) is 1.14. The number of hydrogen-bond donors (Lipinski definition) is 3. The Morgan fingerprint density at radius 1 is 1.43 bits per heavy atom. The highest BCUT2D eigenvalue weighted by Gasteiger charge is 2.08. The maximum Gasteiger partial charge on any atom is 0.143 e. The number of hydrazone groups is 1. The number of para-hydroxylation sites is 1. The molecule has 0 aliphatic carbocycles. The minimum absolute atomic E-state index is 0.210. The van der Waals surface area contributed by atoms with Crippen molar-refractivity contribution in [3.05, 3.63) is 35.6 Å². The van der Waals surface area contributed by atoms with Crippen molar-refractivity contribution in [1.29, 1.82) is 0 Å². The molecule has 0 bridgehead atoms. The zero-order valence-electron chi connectivity index (χ0n) is 7.38. The standard InChI is InChI=1S/C9H10N4O/c10-13-6-11-12-9(13)5-7-3-1-2-4-8(7)14/h1-6,12,14H,10H2. The number of nitrogens with two attached hydrogens (primary N) is 1. The van der Waals surface area contributed by atoms with E-state index in [0.717, 1.165) is 0 Å². The lowest BCUT2D eigenvalue weighted by atomic mass is 10.2. The van der Waals surface area contributed by atoms with Gasteiger partial charge in [0.25, 0.3) is 0 Å². The molecule has 72 valence electrons. The predicted molar refractivity (Wildman–Crippen MR) is 53.7 cm³/mol. The molecular formula is C9H10N4O. The summed E-state index contributed by atoms with van der Waals surface area (Å²) in [5, 5.41) is 14.6. The minimum atomic E-state index is 0.210. The van der Waals surface area contributed by atoms with Gasteiger partial charge in [-0.3, -0.25) is 5.43 Å². The highest BCUT2D eigenvalue weighted by atomic mass is 16.3. The number of hydrazine groups is 1. The lowest BCUT2D eigenvalue weighted by Crippen LogP contribution is -2.27. The zero-order valence-corrected chi connectivity index (χ0v) is 7.38. The molecule has 0 aromatic heterocycles. The predicted octanol–water partition coefficient (Wildman–Crippen LogP) is 0.413. The average Bonchev–Trinajstić information content (AvgIpc) is 2.56. The van der Waals surface area contributed by atoms with Gasteiger partial charge in [0.05, 0.1) is 0 Å². The molecule has 5 heteroatoms. The van der Waals surface area contributed by atoms with Gasteiger partial charge in [-0.25, -0.2) is 10.9 Å².